The van der Waals surface area contributed by atoms with Gasteiger partial charge >= 0.3 is 0 Å². The summed E-state index contributed by atoms with van der Waals surface area (Å²) in [5, 5.41) is 10.4. The van der Waals surface area contributed by atoms with Crippen molar-refractivity contribution in [3.05, 3.63) is 12.2 Å². The fourth-order valence-corrected chi connectivity index (χ4v) is 1.22. The van der Waals surface area contributed by atoms with Crippen LogP contribution in [0.1, 0.15) is 12.7 Å². The van der Waals surface area contributed by atoms with Gasteiger partial charge in [-0.25, -0.2) is 0 Å². The van der Waals surface area contributed by atoms with Crippen LogP contribution in [0.3, 0.4) is 0 Å². The number of rotatable bonds is 5. The van der Waals surface area contributed by atoms with Crippen LogP contribution in [0.4, 0.5) is 0 Å². The summed E-state index contributed by atoms with van der Waals surface area (Å²) in [6, 6.07) is 0. The molecular formula is C9H15N5OS. The first kappa shape index (κ1) is 12.6. The predicted molar refractivity (Wildman–Crippen MR) is 63.7 cm³/mol. The van der Waals surface area contributed by atoms with Crippen molar-refractivity contribution in [1.82, 2.24) is 20.1 Å². The maximum absolute atomic E-state index is 11.5. The molecule has 0 spiro atoms. The summed E-state index contributed by atoms with van der Waals surface area (Å²) in [6.07, 6.45) is 2.25. The molecule has 1 amide bonds. The van der Waals surface area contributed by atoms with Crippen molar-refractivity contribution in [2.45, 2.75) is 13.3 Å². The van der Waals surface area contributed by atoms with Crippen LogP contribution in [0, 0.1) is 5.92 Å². The van der Waals surface area contributed by atoms with E-state index in [0.717, 1.165) is 5.82 Å². The highest BCUT2D eigenvalue weighted by molar-refractivity contribution is 7.80. The molecule has 0 bridgehead atoms. The van der Waals surface area contributed by atoms with E-state index in [1.807, 2.05) is 11.6 Å². The van der Waals surface area contributed by atoms with Crippen molar-refractivity contribution in [2.75, 3.05) is 6.54 Å². The second-order valence-corrected chi connectivity index (χ2v) is 3.99. The molecule has 0 aliphatic carbocycles. The normalized spacial score (nSPS) is 12.1. The average Bonchev–Trinajstić information content (AvgIpc) is 2.63. The standard InChI is InChI=1S/C9H15N5OS/c1-6(8(10)16)9(15)11-4-3-7-13-12-5-14(7)2/h5-6H,3-4H2,1-2H3,(H2,10,16)(H,11,15). The van der Waals surface area contributed by atoms with Crippen molar-refractivity contribution in [1.29, 1.82) is 0 Å². The Balaban J connectivity index is 2.34. The Morgan fingerprint density at radius 2 is 2.44 bits per heavy atom. The monoisotopic (exact) mass is 241 g/mol. The first-order valence-corrected chi connectivity index (χ1v) is 5.33. The van der Waals surface area contributed by atoms with E-state index >= 15 is 0 Å². The van der Waals surface area contributed by atoms with E-state index in [1.54, 1.807) is 13.3 Å². The molecular weight excluding hydrogens is 226 g/mol. The summed E-state index contributed by atoms with van der Waals surface area (Å²) in [7, 11) is 1.86. The Morgan fingerprint density at radius 3 is 2.94 bits per heavy atom. The van der Waals surface area contributed by atoms with E-state index in [0.29, 0.717) is 13.0 Å². The highest BCUT2D eigenvalue weighted by Gasteiger charge is 2.14. The molecule has 6 nitrogen and oxygen atoms in total. The van der Waals surface area contributed by atoms with Gasteiger partial charge in [-0.05, 0) is 6.92 Å². The molecule has 1 atom stereocenters. The minimum absolute atomic E-state index is 0.158. The van der Waals surface area contributed by atoms with Gasteiger partial charge in [-0.1, -0.05) is 12.2 Å². The molecule has 0 aliphatic rings. The predicted octanol–water partition coefficient (Wildman–Crippen LogP) is -0.604. The molecule has 1 heterocycles. The number of amides is 1. The molecule has 1 aromatic rings. The molecule has 0 saturated carbocycles. The van der Waals surface area contributed by atoms with Crippen molar-refractivity contribution >= 4 is 23.1 Å². The number of hydrogen-bond acceptors (Lipinski definition) is 4. The van der Waals surface area contributed by atoms with Gasteiger partial charge in [0.2, 0.25) is 5.91 Å². The molecule has 0 saturated heterocycles. The second-order valence-electron chi connectivity index (χ2n) is 3.52. The van der Waals surface area contributed by atoms with Crippen LogP contribution in [0.15, 0.2) is 6.33 Å². The fourth-order valence-electron chi connectivity index (χ4n) is 1.11. The Kier molecular flexibility index (Phi) is 4.36. The van der Waals surface area contributed by atoms with Crippen molar-refractivity contribution < 1.29 is 4.79 Å². The van der Waals surface area contributed by atoms with E-state index < -0.39 is 5.92 Å². The zero-order valence-electron chi connectivity index (χ0n) is 9.30. The first-order chi connectivity index (χ1) is 7.52. The third-order valence-electron chi connectivity index (χ3n) is 2.27. The molecule has 1 unspecified atom stereocenters. The molecule has 16 heavy (non-hydrogen) atoms. The summed E-state index contributed by atoms with van der Waals surface area (Å²) >= 11 is 4.74. The lowest BCUT2D eigenvalue weighted by atomic mass is 10.1. The maximum atomic E-state index is 11.5. The molecule has 0 fully saturated rings. The maximum Gasteiger partial charge on any atom is 0.229 e. The second kappa shape index (κ2) is 5.55. The molecule has 7 heteroatoms. The smallest absolute Gasteiger partial charge is 0.229 e. The average molecular weight is 241 g/mol. The van der Waals surface area contributed by atoms with Crippen molar-refractivity contribution in [2.24, 2.45) is 18.7 Å². The van der Waals surface area contributed by atoms with Gasteiger partial charge in [-0.15, -0.1) is 10.2 Å². The van der Waals surface area contributed by atoms with Gasteiger partial charge in [0.05, 0.1) is 10.9 Å². The number of nitrogens with one attached hydrogen (secondary N) is 1. The van der Waals surface area contributed by atoms with Crippen molar-refractivity contribution in [3.8, 4) is 0 Å². The quantitative estimate of drug-likeness (QED) is 0.672. The Hall–Kier alpha value is -1.50. The van der Waals surface area contributed by atoms with Crippen molar-refractivity contribution in [3.63, 3.8) is 0 Å². The van der Waals surface area contributed by atoms with E-state index in [9.17, 15) is 4.79 Å². The van der Waals surface area contributed by atoms with Gasteiger partial charge in [0.15, 0.2) is 0 Å². The van der Waals surface area contributed by atoms with Crippen LogP contribution in [0.2, 0.25) is 0 Å². The molecule has 1 rings (SSSR count). The third-order valence-corrected chi connectivity index (χ3v) is 2.63. The highest BCUT2D eigenvalue weighted by atomic mass is 32.1. The van der Waals surface area contributed by atoms with Gasteiger partial charge in [0, 0.05) is 20.0 Å². The minimum Gasteiger partial charge on any atom is -0.393 e. The van der Waals surface area contributed by atoms with Gasteiger partial charge in [0.25, 0.3) is 0 Å². The molecule has 0 aromatic carbocycles. The summed E-state index contributed by atoms with van der Waals surface area (Å²) in [6.45, 7) is 2.18. The van der Waals surface area contributed by atoms with Crippen LogP contribution >= 0.6 is 12.2 Å². The fraction of sp³-hybridized carbons (Fsp3) is 0.556. The molecule has 0 aliphatic heterocycles. The van der Waals surface area contributed by atoms with E-state index in [4.69, 9.17) is 18.0 Å². The number of carbonyl (C=O) groups excluding carboxylic acids is 1. The number of thiocarbonyl (C=S) groups is 1. The summed E-state index contributed by atoms with van der Waals surface area (Å²) < 4.78 is 1.81. The van der Waals surface area contributed by atoms with Crippen LogP contribution in [-0.4, -0.2) is 32.2 Å². The summed E-state index contributed by atoms with van der Waals surface area (Å²) in [5.74, 6) is 0.229. The van der Waals surface area contributed by atoms with E-state index in [1.165, 1.54) is 0 Å². The first-order valence-electron chi connectivity index (χ1n) is 4.92. The van der Waals surface area contributed by atoms with Crippen LogP contribution in [0.25, 0.3) is 0 Å². The van der Waals surface area contributed by atoms with Crippen LogP contribution in [-0.2, 0) is 18.3 Å². The number of carbonyl (C=O) groups is 1. The van der Waals surface area contributed by atoms with Gasteiger partial charge in [-0.3, -0.25) is 4.79 Å². The summed E-state index contributed by atoms with van der Waals surface area (Å²) in [4.78, 5) is 11.7. The largest absolute Gasteiger partial charge is 0.393 e. The van der Waals surface area contributed by atoms with Gasteiger partial charge in [0.1, 0.15) is 12.2 Å². The Bertz CT molecular complexity index is 389. The number of aryl methyl sites for hydroxylation is 1. The summed E-state index contributed by atoms with van der Waals surface area (Å²) in [5.41, 5.74) is 5.37. The third kappa shape index (κ3) is 3.27. The van der Waals surface area contributed by atoms with E-state index in [2.05, 4.69) is 15.5 Å². The number of nitrogens with zero attached hydrogens (tertiary/aromatic N) is 3. The topological polar surface area (TPSA) is 85.8 Å². The SMILES string of the molecule is CC(C(=O)NCCc1nncn1C)C(N)=S. The number of nitrogens with two attached hydrogens (primary N) is 1. The molecule has 88 valence electrons. The van der Waals surface area contributed by atoms with E-state index in [-0.39, 0.29) is 10.9 Å². The molecule has 1 aromatic heterocycles. The van der Waals surface area contributed by atoms with Gasteiger partial charge in [-0.2, -0.15) is 0 Å². The zero-order valence-corrected chi connectivity index (χ0v) is 10.1. The lowest BCUT2D eigenvalue weighted by Crippen LogP contribution is -2.37. The number of hydrogen-bond donors (Lipinski definition) is 2. The molecule has 0 radical (unpaired) electrons. The zero-order chi connectivity index (χ0) is 12.1. The molecule has 3 N–H and O–H groups in total. The minimum atomic E-state index is -0.436. The highest BCUT2D eigenvalue weighted by Crippen LogP contribution is 1.96. The lowest BCUT2D eigenvalue weighted by molar-refractivity contribution is -0.122. The Labute approximate surface area is 99.2 Å². The Morgan fingerprint density at radius 1 is 1.75 bits per heavy atom. The van der Waals surface area contributed by atoms with Crippen LogP contribution in [0.5, 0.6) is 0 Å². The lowest BCUT2D eigenvalue weighted by Gasteiger charge is -2.09. The van der Waals surface area contributed by atoms with Gasteiger partial charge < -0.3 is 15.6 Å². The number of aromatic nitrogens is 3. The van der Waals surface area contributed by atoms with Crippen LogP contribution < -0.4 is 11.1 Å².